The number of benzene rings is 1. The Morgan fingerprint density at radius 1 is 0.850 bits per heavy atom. The van der Waals surface area contributed by atoms with Gasteiger partial charge in [0.05, 0.1) is 0 Å². The van der Waals surface area contributed by atoms with Gasteiger partial charge in [-0.25, -0.2) is 0 Å². The first-order chi connectivity index (χ1) is 9.84. The molecule has 108 valence electrons. The average Bonchev–Trinajstić information content (AvgIpc) is 3.24. The van der Waals surface area contributed by atoms with E-state index < -0.39 is 0 Å². The van der Waals surface area contributed by atoms with E-state index >= 15 is 0 Å². The number of carbonyl (C=O) groups is 1. The van der Waals surface area contributed by atoms with Gasteiger partial charge in [0.15, 0.2) is 0 Å². The maximum Gasteiger partial charge on any atom is 0.136 e. The Kier molecular flexibility index (Phi) is 4.54. The Labute approximate surface area is 122 Å². The summed E-state index contributed by atoms with van der Waals surface area (Å²) in [5.74, 6) is 2.16. The van der Waals surface area contributed by atoms with Gasteiger partial charge in [0.1, 0.15) is 5.78 Å². The van der Waals surface area contributed by atoms with Gasteiger partial charge in [-0.1, -0.05) is 62.4 Å². The predicted octanol–water partition coefficient (Wildman–Crippen LogP) is 5.11. The molecule has 1 aromatic carbocycles. The molecule has 0 saturated heterocycles. The van der Waals surface area contributed by atoms with Crippen LogP contribution in [0, 0.1) is 11.8 Å². The Balaban J connectivity index is 1.68. The Hall–Kier alpha value is -1.11. The second kappa shape index (κ2) is 6.56. The molecule has 0 spiro atoms. The highest BCUT2D eigenvalue weighted by atomic mass is 16.1. The molecule has 2 aliphatic carbocycles. The van der Waals surface area contributed by atoms with Crippen molar-refractivity contribution in [3.05, 3.63) is 35.9 Å². The molecule has 2 aliphatic rings. The van der Waals surface area contributed by atoms with Gasteiger partial charge in [0, 0.05) is 12.3 Å². The lowest BCUT2D eigenvalue weighted by Crippen LogP contribution is -2.10. The topological polar surface area (TPSA) is 17.1 Å². The van der Waals surface area contributed by atoms with E-state index in [2.05, 4.69) is 30.3 Å². The quantitative estimate of drug-likeness (QED) is 0.693. The molecule has 0 radical (unpaired) electrons. The summed E-state index contributed by atoms with van der Waals surface area (Å²) in [4.78, 5) is 12.5. The van der Waals surface area contributed by atoms with Gasteiger partial charge in [-0.2, -0.15) is 0 Å². The van der Waals surface area contributed by atoms with Gasteiger partial charge in [-0.05, 0) is 36.7 Å². The van der Waals surface area contributed by atoms with Crippen LogP contribution in [0.2, 0.25) is 0 Å². The van der Waals surface area contributed by atoms with Crippen LogP contribution in [0.25, 0.3) is 0 Å². The van der Waals surface area contributed by atoms with Crippen LogP contribution in [-0.2, 0) is 4.79 Å². The fraction of sp³-hybridized carbons (Fsp3) is 0.632. The second-order valence-electron chi connectivity index (χ2n) is 6.73. The van der Waals surface area contributed by atoms with Gasteiger partial charge < -0.3 is 0 Å². The molecule has 0 unspecified atom stereocenters. The van der Waals surface area contributed by atoms with E-state index in [1.807, 2.05) is 0 Å². The first-order valence-corrected chi connectivity index (χ1v) is 8.42. The van der Waals surface area contributed by atoms with Crippen molar-refractivity contribution in [1.82, 2.24) is 0 Å². The number of hydrogen-bond acceptors (Lipinski definition) is 1. The van der Waals surface area contributed by atoms with Crippen LogP contribution >= 0.6 is 0 Å². The molecule has 2 fully saturated rings. The van der Waals surface area contributed by atoms with Crippen molar-refractivity contribution >= 4 is 5.78 Å². The molecule has 1 heteroatoms. The number of fused-ring (bicyclic) bond motifs is 1. The van der Waals surface area contributed by atoms with Crippen LogP contribution in [-0.4, -0.2) is 5.78 Å². The number of carbonyl (C=O) groups excluding carboxylic acids is 1. The summed E-state index contributed by atoms with van der Waals surface area (Å²) in [6.07, 6.45) is 11.2. The summed E-state index contributed by atoms with van der Waals surface area (Å²) < 4.78 is 0. The molecule has 0 bridgehead atoms. The Bertz CT molecular complexity index is 436. The first-order valence-electron chi connectivity index (χ1n) is 8.42. The molecule has 3 atom stereocenters. The lowest BCUT2D eigenvalue weighted by molar-refractivity contribution is -0.121. The highest BCUT2D eigenvalue weighted by Crippen LogP contribution is 2.45. The minimum atomic E-state index is 0.417. The van der Waals surface area contributed by atoms with Gasteiger partial charge in [0.2, 0.25) is 0 Å². The molecule has 0 N–H and O–H groups in total. The van der Waals surface area contributed by atoms with Crippen LogP contribution in [0.1, 0.15) is 69.3 Å². The largest absolute Gasteiger partial charge is 0.299 e. The number of hydrogen-bond donors (Lipinski definition) is 0. The zero-order valence-corrected chi connectivity index (χ0v) is 12.4. The summed E-state index contributed by atoms with van der Waals surface area (Å²) in [6.45, 7) is 0. The Morgan fingerprint density at radius 2 is 1.55 bits per heavy atom. The van der Waals surface area contributed by atoms with Crippen LogP contribution in [0.3, 0.4) is 0 Å². The monoisotopic (exact) mass is 270 g/mol. The van der Waals surface area contributed by atoms with E-state index in [9.17, 15) is 4.79 Å². The summed E-state index contributed by atoms with van der Waals surface area (Å²) in [7, 11) is 0. The molecule has 20 heavy (non-hydrogen) atoms. The maximum atomic E-state index is 12.5. The van der Waals surface area contributed by atoms with E-state index in [1.165, 1.54) is 56.9 Å². The minimum Gasteiger partial charge on any atom is -0.299 e. The van der Waals surface area contributed by atoms with Crippen molar-refractivity contribution in [3.8, 4) is 0 Å². The smallest absolute Gasteiger partial charge is 0.136 e. The predicted molar refractivity (Wildman–Crippen MR) is 82.7 cm³/mol. The zero-order valence-electron chi connectivity index (χ0n) is 12.4. The molecule has 0 aromatic heterocycles. The molecule has 1 aromatic rings. The summed E-state index contributed by atoms with van der Waals surface area (Å²) in [6, 6.07) is 10.7. The van der Waals surface area contributed by atoms with Crippen LogP contribution < -0.4 is 0 Å². The highest BCUT2D eigenvalue weighted by molar-refractivity contribution is 5.84. The molecular formula is C19H26O. The summed E-state index contributed by atoms with van der Waals surface area (Å²) in [5.41, 5.74) is 1.37. The third-order valence-electron chi connectivity index (χ3n) is 5.18. The zero-order chi connectivity index (χ0) is 13.8. The van der Waals surface area contributed by atoms with Gasteiger partial charge in [-0.3, -0.25) is 4.79 Å². The van der Waals surface area contributed by atoms with E-state index in [0.29, 0.717) is 17.6 Å². The standard InChI is InChI=1S/C19H26O/c20-19-14-16(15-9-7-4-8-10-15)11-5-2-1-3-6-12-17-13-18(17)19/h4,7-10,16-18H,1-3,5-6,11-14H2/t16-,17+,18+/m1/s1. The molecule has 3 rings (SSSR count). The molecule has 0 heterocycles. The fourth-order valence-electron chi connectivity index (χ4n) is 3.79. The number of Topliss-reactive ketones (excluding diaryl/α,β-unsaturated/α-hetero) is 1. The third-order valence-corrected chi connectivity index (χ3v) is 5.18. The number of ketones is 1. The van der Waals surface area contributed by atoms with E-state index in [4.69, 9.17) is 0 Å². The minimum absolute atomic E-state index is 0.417. The lowest BCUT2D eigenvalue weighted by atomic mass is 9.87. The van der Waals surface area contributed by atoms with Gasteiger partial charge >= 0.3 is 0 Å². The summed E-state index contributed by atoms with van der Waals surface area (Å²) in [5, 5.41) is 0. The molecule has 1 nitrogen and oxygen atoms in total. The molecule has 0 aliphatic heterocycles. The lowest BCUT2D eigenvalue weighted by Gasteiger charge is -2.17. The van der Waals surface area contributed by atoms with Crippen molar-refractivity contribution in [3.63, 3.8) is 0 Å². The fourth-order valence-corrected chi connectivity index (χ4v) is 3.79. The van der Waals surface area contributed by atoms with E-state index in [-0.39, 0.29) is 0 Å². The number of rotatable bonds is 1. The van der Waals surface area contributed by atoms with Crippen LogP contribution in [0.5, 0.6) is 0 Å². The van der Waals surface area contributed by atoms with Crippen LogP contribution in [0.4, 0.5) is 0 Å². The van der Waals surface area contributed by atoms with Crippen molar-refractivity contribution in [2.45, 2.75) is 63.7 Å². The molecular weight excluding hydrogens is 244 g/mol. The van der Waals surface area contributed by atoms with Gasteiger partial charge in [-0.15, -0.1) is 0 Å². The van der Waals surface area contributed by atoms with Crippen molar-refractivity contribution in [1.29, 1.82) is 0 Å². The van der Waals surface area contributed by atoms with E-state index in [1.54, 1.807) is 0 Å². The molecule has 0 amide bonds. The highest BCUT2D eigenvalue weighted by Gasteiger charge is 2.42. The Morgan fingerprint density at radius 3 is 2.35 bits per heavy atom. The normalized spacial score (nSPS) is 31.8. The summed E-state index contributed by atoms with van der Waals surface area (Å²) >= 11 is 0. The first kappa shape index (κ1) is 13.9. The van der Waals surface area contributed by atoms with Crippen molar-refractivity contribution < 1.29 is 4.79 Å². The maximum absolute atomic E-state index is 12.5. The average molecular weight is 270 g/mol. The van der Waals surface area contributed by atoms with Crippen molar-refractivity contribution in [2.75, 3.05) is 0 Å². The van der Waals surface area contributed by atoms with Gasteiger partial charge in [0.25, 0.3) is 0 Å². The third kappa shape index (κ3) is 3.50. The SMILES string of the molecule is O=C1C[C@H](c2ccccc2)CCCCCCC[C@H]2C[C@H]12. The second-order valence-corrected chi connectivity index (χ2v) is 6.73. The van der Waals surface area contributed by atoms with Crippen molar-refractivity contribution in [2.24, 2.45) is 11.8 Å². The van der Waals surface area contributed by atoms with Crippen LogP contribution in [0.15, 0.2) is 30.3 Å². The van der Waals surface area contributed by atoms with E-state index in [0.717, 1.165) is 12.3 Å². The molecule has 2 saturated carbocycles.